The van der Waals surface area contributed by atoms with Gasteiger partial charge in [-0.15, -0.1) is 0 Å². The number of halogens is 1. The number of hydrogen-bond acceptors (Lipinski definition) is 5. The second-order valence-electron chi connectivity index (χ2n) is 8.53. The summed E-state index contributed by atoms with van der Waals surface area (Å²) in [5.74, 6) is -0.106. The van der Waals surface area contributed by atoms with Gasteiger partial charge < -0.3 is 19.7 Å². The van der Waals surface area contributed by atoms with Crippen LogP contribution in [0, 0.1) is 6.92 Å². The normalized spacial score (nSPS) is 12.1. The molecular weight excluding hydrogens is 508 g/mol. The quantitative estimate of drug-likeness (QED) is 0.323. The average Bonchev–Trinajstić information content (AvgIpc) is 3.25. The van der Waals surface area contributed by atoms with E-state index in [0.717, 1.165) is 10.0 Å². The molecule has 2 heterocycles. The summed E-state index contributed by atoms with van der Waals surface area (Å²) in [7, 11) is 0. The summed E-state index contributed by atoms with van der Waals surface area (Å²) in [6, 6.07) is 18.6. The molecular formula is C27H29BrN4O3. The maximum Gasteiger partial charge on any atom is 0.264 e. The summed E-state index contributed by atoms with van der Waals surface area (Å²) in [6.07, 6.45) is 1.26. The Hall–Kier alpha value is -3.23. The van der Waals surface area contributed by atoms with Gasteiger partial charge >= 0.3 is 0 Å². The molecule has 1 unspecified atom stereocenters. The number of benzene rings is 2. The van der Waals surface area contributed by atoms with E-state index in [2.05, 4.69) is 21.1 Å². The van der Waals surface area contributed by atoms with Crippen LogP contribution in [0.4, 0.5) is 0 Å². The predicted molar refractivity (Wildman–Crippen MR) is 140 cm³/mol. The number of amides is 1. The minimum atomic E-state index is -0.357. The van der Waals surface area contributed by atoms with Crippen molar-refractivity contribution in [1.82, 2.24) is 14.6 Å². The maximum atomic E-state index is 13.7. The van der Waals surface area contributed by atoms with E-state index in [9.17, 15) is 9.59 Å². The molecule has 0 spiro atoms. The molecule has 0 aliphatic carbocycles. The highest BCUT2D eigenvalue weighted by Crippen LogP contribution is 2.29. The Labute approximate surface area is 212 Å². The van der Waals surface area contributed by atoms with Gasteiger partial charge in [0.05, 0.1) is 18.3 Å². The topological polar surface area (TPSA) is 94.4 Å². The van der Waals surface area contributed by atoms with E-state index in [1.165, 1.54) is 0 Å². The van der Waals surface area contributed by atoms with Gasteiger partial charge in [-0.25, -0.2) is 0 Å². The van der Waals surface area contributed by atoms with Crippen molar-refractivity contribution in [2.45, 2.75) is 39.3 Å². The Morgan fingerprint density at radius 3 is 2.54 bits per heavy atom. The Kier molecular flexibility index (Phi) is 7.83. The second-order valence-corrected chi connectivity index (χ2v) is 9.44. The van der Waals surface area contributed by atoms with Gasteiger partial charge in [0.25, 0.3) is 11.5 Å². The highest BCUT2D eigenvalue weighted by atomic mass is 79.9. The van der Waals surface area contributed by atoms with E-state index in [0.29, 0.717) is 60.4 Å². The van der Waals surface area contributed by atoms with E-state index >= 15 is 0 Å². The van der Waals surface area contributed by atoms with Crippen LogP contribution in [0.25, 0.3) is 11.0 Å². The molecule has 0 bridgehead atoms. The molecule has 8 heteroatoms. The SMILES string of the molecule is CCC(c1cc2onc(C)c2c(=O)n1Cc1ccccc1)N(CCCN)C(=O)c1ccc(Br)cc1. The Morgan fingerprint density at radius 2 is 1.89 bits per heavy atom. The van der Waals surface area contributed by atoms with Gasteiger partial charge in [0.15, 0.2) is 5.58 Å². The van der Waals surface area contributed by atoms with E-state index < -0.39 is 0 Å². The van der Waals surface area contributed by atoms with Crippen LogP contribution in [0.5, 0.6) is 0 Å². The largest absolute Gasteiger partial charge is 0.356 e. The lowest BCUT2D eigenvalue weighted by Crippen LogP contribution is -2.39. The Balaban J connectivity index is 1.86. The molecule has 0 aliphatic heterocycles. The summed E-state index contributed by atoms with van der Waals surface area (Å²) in [4.78, 5) is 29.2. The van der Waals surface area contributed by atoms with Gasteiger partial charge in [0.1, 0.15) is 5.39 Å². The highest BCUT2D eigenvalue weighted by molar-refractivity contribution is 9.10. The van der Waals surface area contributed by atoms with Crippen LogP contribution < -0.4 is 11.3 Å². The number of rotatable bonds is 9. The molecule has 1 atom stereocenters. The van der Waals surface area contributed by atoms with Crippen LogP contribution in [-0.4, -0.2) is 33.6 Å². The molecule has 0 saturated carbocycles. The molecule has 0 fully saturated rings. The zero-order valence-corrected chi connectivity index (χ0v) is 21.5. The summed E-state index contributed by atoms with van der Waals surface area (Å²) in [6.45, 7) is 5.09. The van der Waals surface area contributed by atoms with Crippen molar-refractivity contribution in [2.24, 2.45) is 5.73 Å². The molecule has 0 radical (unpaired) electrons. The van der Waals surface area contributed by atoms with Crippen LogP contribution in [0.2, 0.25) is 0 Å². The van der Waals surface area contributed by atoms with Gasteiger partial charge in [-0.05, 0) is 56.1 Å². The van der Waals surface area contributed by atoms with Crippen LogP contribution in [0.1, 0.15) is 53.1 Å². The van der Waals surface area contributed by atoms with E-state index in [1.54, 1.807) is 23.6 Å². The van der Waals surface area contributed by atoms with Gasteiger partial charge in [-0.3, -0.25) is 9.59 Å². The van der Waals surface area contributed by atoms with Crippen molar-refractivity contribution in [3.8, 4) is 0 Å². The minimum Gasteiger partial charge on any atom is -0.356 e. The summed E-state index contributed by atoms with van der Waals surface area (Å²) in [5.41, 5.74) is 8.93. The summed E-state index contributed by atoms with van der Waals surface area (Å²) < 4.78 is 8.15. The van der Waals surface area contributed by atoms with Crippen LogP contribution >= 0.6 is 15.9 Å². The number of pyridine rings is 1. The fourth-order valence-corrected chi connectivity index (χ4v) is 4.69. The van der Waals surface area contributed by atoms with Crippen LogP contribution in [0.15, 0.2) is 74.5 Å². The number of carbonyl (C=O) groups is 1. The van der Waals surface area contributed by atoms with Gasteiger partial charge in [0.2, 0.25) is 0 Å². The molecule has 2 N–H and O–H groups in total. The summed E-state index contributed by atoms with van der Waals surface area (Å²) >= 11 is 3.43. The molecule has 35 heavy (non-hydrogen) atoms. The fraction of sp³-hybridized carbons (Fsp3) is 0.296. The monoisotopic (exact) mass is 536 g/mol. The average molecular weight is 537 g/mol. The standard InChI is InChI=1S/C27H29BrN4O3/c1-3-22(31(15-7-14-29)26(33)20-10-12-21(28)13-11-20)23-16-24-25(18(2)30-35-24)27(34)32(23)17-19-8-5-4-6-9-19/h4-6,8-13,16,22H,3,7,14-15,17,29H2,1-2H3. The van der Waals surface area contributed by atoms with Crippen molar-refractivity contribution in [3.05, 3.63) is 98.0 Å². The molecule has 4 rings (SSSR count). The van der Waals surface area contributed by atoms with Crippen molar-refractivity contribution in [3.63, 3.8) is 0 Å². The van der Waals surface area contributed by atoms with Gasteiger partial charge in [-0.1, -0.05) is 58.3 Å². The predicted octanol–water partition coefficient (Wildman–Crippen LogP) is 5.05. The van der Waals surface area contributed by atoms with Gasteiger partial charge in [-0.2, -0.15) is 0 Å². The van der Waals surface area contributed by atoms with Crippen molar-refractivity contribution in [1.29, 1.82) is 0 Å². The van der Waals surface area contributed by atoms with Crippen LogP contribution in [-0.2, 0) is 6.54 Å². The number of carbonyl (C=O) groups excluding carboxylic acids is 1. The van der Waals surface area contributed by atoms with Gasteiger partial charge in [0, 0.05) is 28.3 Å². The summed E-state index contributed by atoms with van der Waals surface area (Å²) in [5, 5.41) is 4.49. The molecule has 0 saturated heterocycles. The molecule has 1 amide bonds. The number of fused-ring (bicyclic) bond motifs is 1. The number of aromatic nitrogens is 2. The number of nitrogens with zero attached hydrogens (tertiary/aromatic N) is 3. The highest BCUT2D eigenvalue weighted by Gasteiger charge is 2.29. The van der Waals surface area contributed by atoms with E-state index in [1.807, 2.05) is 60.4 Å². The third kappa shape index (κ3) is 5.23. The van der Waals surface area contributed by atoms with Crippen molar-refractivity contribution < 1.29 is 9.32 Å². The number of nitrogens with two attached hydrogens (primary N) is 1. The third-order valence-electron chi connectivity index (χ3n) is 6.18. The number of hydrogen-bond donors (Lipinski definition) is 1. The first-order chi connectivity index (χ1) is 16.9. The molecule has 2 aromatic heterocycles. The lowest BCUT2D eigenvalue weighted by Gasteiger charge is -2.33. The van der Waals surface area contributed by atoms with E-state index in [-0.39, 0.29) is 17.5 Å². The zero-order chi connectivity index (χ0) is 24.9. The smallest absolute Gasteiger partial charge is 0.264 e. The Bertz CT molecular complexity index is 1360. The Morgan fingerprint density at radius 1 is 1.17 bits per heavy atom. The molecule has 4 aromatic rings. The third-order valence-corrected chi connectivity index (χ3v) is 6.71. The van der Waals surface area contributed by atoms with Crippen LogP contribution in [0.3, 0.4) is 0 Å². The molecule has 0 aliphatic rings. The molecule has 2 aromatic carbocycles. The fourth-order valence-electron chi connectivity index (χ4n) is 4.42. The number of aryl methyl sites for hydroxylation is 1. The molecule has 7 nitrogen and oxygen atoms in total. The first kappa shape index (κ1) is 24.9. The second kappa shape index (κ2) is 11.0. The lowest BCUT2D eigenvalue weighted by atomic mass is 10.0. The lowest BCUT2D eigenvalue weighted by molar-refractivity contribution is 0.0660. The first-order valence-corrected chi connectivity index (χ1v) is 12.5. The minimum absolute atomic E-state index is 0.106. The molecule has 182 valence electrons. The maximum absolute atomic E-state index is 13.7. The van der Waals surface area contributed by atoms with Crippen molar-refractivity contribution >= 4 is 32.8 Å². The van der Waals surface area contributed by atoms with E-state index in [4.69, 9.17) is 10.3 Å². The zero-order valence-electron chi connectivity index (χ0n) is 19.9. The van der Waals surface area contributed by atoms with Crippen molar-refractivity contribution in [2.75, 3.05) is 13.1 Å². The first-order valence-electron chi connectivity index (χ1n) is 11.7.